The molecule has 2 aliphatic rings. The van der Waals surface area contributed by atoms with Gasteiger partial charge in [0.05, 0.1) is 6.61 Å². The average molecular weight is 241 g/mol. The van der Waals surface area contributed by atoms with Crippen LogP contribution in [-0.2, 0) is 4.74 Å². The lowest BCUT2D eigenvalue weighted by Crippen LogP contribution is -2.44. The van der Waals surface area contributed by atoms with Crippen LogP contribution in [0.4, 0.5) is 0 Å². The molecule has 2 rings (SSSR count). The Hall–Kier alpha value is -0.120. The Morgan fingerprint density at radius 2 is 1.71 bits per heavy atom. The molecule has 1 atom stereocenters. The van der Waals surface area contributed by atoms with Gasteiger partial charge in [-0.2, -0.15) is 0 Å². The Morgan fingerprint density at radius 1 is 1.06 bits per heavy atom. The fourth-order valence-corrected chi connectivity index (χ4v) is 2.90. The molecule has 0 spiro atoms. The fourth-order valence-electron chi connectivity index (χ4n) is 2.90. The Morgan fingerprint density at radius 3 is 2.24 bits per heavy atom. The molecular weight excluding hydrogens is 214 g/mol. The van der Waals surface area contributed by atoms with E-state index in [9.17, 15) is 5.11 Å². The summed E-state index contributed by atoms with van der Waals surface area (Å²) in [5.74, 6) is 1.10. The molecule has 0 heterocycles. The van der Waals surface area contributed by atoms with Gasteiger partial charge in [-0.15, -0.1) is 0 Å². The number of nitrogens with two attached hydrogens (primary N) is 1. The van der Waals surface area contributed by atoms with Crippen molar-refractivity contribution in [3.05, 3.63) is 0 Å². The molecule has 0 aromatic rings. The van der Waals surface area contributed by atoms with E-state index in [1.165, 1.54) is 38.5 Å². The summed E-state index contributed by atoms with van der Waals surface area (Å²) >= 11 is 0. The summed E-state index contributed by atoms with van der Waals surface area (Å²) in [6.07, 6.45) is 10.3. The molecule has 0 radical (unpaired) electrons. The molecule has 3 nitrogen and oxygen atoms in total. The molecule has 0 saturated heterocycles. The Labute approximate surface area is 105 Å². The maximum atomic E-state index is 10.3. The van der Waals surface area contributed by atoms with E-state index in [1.54, 1.807) is 0 Å². The van der Waals surface area contributed by atoms with E-state index in [4.69, 9.17) is 10.5 Å². The van der Waals surface area contributed by atoms with Crippen LogP contribution in [0.15, 0.2) is 0 Å². The van der Waals surface area contributed by atoms with Crippen molar-refractivity contribution < 1.29 is 9.84 Å². The lowest BCUT2D eigenvalue weighted by molar-refractivity contribution is -0.0628. The normalized spacial score (nSPS) is 26.5. The maximum Gasteiger partial charge on any atom is 0.103 e. The predicted octanol–water partition coefficient (Wildman–Crippen LogP) is 2.07. The quantitative estimate of drug-likeness (QED) is 0.700. The highest BCUT2D eigenvalue weighted by atomic mass is 16.5. The van der Waals surface area contributed by atoms with E-state index in [2.05, 4.69) is 0 Å². The first-order valence-corrected chi connectivity index (χ1v) is 7.25. The molecule has 0 aromatic heterocycles. The molecule has 3 heteroatoms. The zero-order chi connectivity index (χ0) is 12.1. The highest BCUT2D eigenvalue weighted by molar-refractivity contribution is 4.95. The third-order valence-electron chi connectivity index (χ3n) is 4.37. The van der Waals surface area contributed by atoms with Crippen LogP contribution in [0.5, 0.6) is 0 Å². The van der Waals surface area contributed by atoms with Crippen LogP contribution in [0, 0.1) is 11.8 Å². The van der Waals surface area contributed by atoms with Gasteiger partial charge in [0.2, 0.25) is 0 Å². The second kappa shape index (κ2) is 6.17. The van der Waals surface area contributed by atoms with Gasteiger partial charge >= 0.3 is 0 Å². The molecule has 0 amide bonds. The summed E-state index contributed by atoms with van der Waals surface area (Å²) in [6, 6.07) is 0. The SMILES string of the molecule is NCC(O)(COCC1CCCCCC1)C1CC1. The zero-order valence-corrected chi connectivity index (χ0v) is 10.9. The van der Waals surface area contributed by atoms with Crippen LogP contribution in [0.2, 0.25) is 0 Å². The fraction of sp³-hybridized carbons (Fsp3) is 1.00. The molecule has 1 unspecified atom stereocenters. The van der Waals surface area contributed by atoms with E-state index >= 15 is 0 Å². The predicted molar refractivity (Wildman–Crippen MR) is 68.7 cm³/mol. The van der Waals surface area contributed by atoms with Crippen molar-refractivity contribution >= 4 is 0 Å². The molecule has 2 saturated carbocycles. The average Bonchev–Trinajstić information content (AvgIpc) is 3.16. The Kier molecular flexibility index (Phi) is 4.83. The summed E-state index contributed by atoms with van der Waals surface area (Å²) in [6.45, 7) is 1.59. The molecule has 17 heavy (non-hydrogen) atoms. The monoisotopic (exact) mass is 241 g/mol. The highest BCUT2D eigenvalue weighted by Crippen LogP contribution is 2.39. The smallest absolute Gasteiger partial charge is 0.103 e. The van der Waals surface area contributed by atoms with Crippen LogP contribution < -0.4 is 5.73 Å². The number of hydrogen-bond acceptors (Lipinski definition) is 3. The summed E-state index contributed by atoms with van der Waals surface area (Å²) in [4.78, 5) is 0. The number of ether oxygens (including phenoxy) is 1. The molecular formula is C14H27NO2. The van der Waals surface area contributed by atoms with Gasteiger partial charge in [-0.25, -0.2) is 0 Å². The van der Waals surface area contributed by atoms with Crippen LogP contribution in [0.3, 0.4) is 0 Å². The van der Waals surface area contributed by atoms with Gasteiger partial charge in [0.15, 0.2) is 0 Å². The van der Waals surface area contributed by atoms with E-state index in [0.717, 1.165) is 19.4 Å². The second-order valence-electron chi connectivity index (χ2n) is 5.95. The third kappa shape index (κ3) is 3.94. The first-order chi connectivity index (χ1) is 8.24. The van der Waals surface area contributed by atoms with Crippen molar-refractivity contribution in [1.82, 2.24) is 0 Å². The van der Waals surface area contributed by atoms with Crippen molar-refractivity contribution in [2.45, 2.75) is 57.0 Å². The molecule has 2 aliphatic carbocycles. The first-order valence-electron chi connectivity index (χ1n) is 7.25. The standard InChI is InChI=1S/C14H27NO2/c15-10-14(16,13-7-8-13)11-17-9-12-5-3-1-2-4-6-12/h12-13,16H,1-11,15H2. The van der Waals surface area contributed by atoms with Gasteiger partial charge in [0, 0.05) is 13.2 Å². The van der Waals surface area contributed by atoms with Crippen molar-refractivity contribution in [1.29, 1.82) is 0 Å². The molecule has 3 N–H and O–H groups in total. The largest absolute Gasteiger partial charge is 0.386 e. The highest BCUT2D eigenvalue weighted by Gasteiger charge is 2.43. The zero-order valence-electron chi connectivity index (χ0n) is 10.9. The minimum Gasteiger partial charge on any atom is -0.386 e. The van der Waals surface area contributed by atoms with Crippen LogP contribution >= 0.6 is 0 Å². The minimum absolute atomic E-state index is 0.336. The molecule has 0 bridgehead atoms. The van der Waals surface area contributed by atoms with Crippen molar-refractivity contribution in [2.24, 2.45) is 17.6 Å². The maximum absolute atomic E-state index is 10.3. The van der Waals surface area contributed by atoms with E-state index < -0.39 is 5.60 Å². The number of hydrogen-bond donors (Lipinski definition) is 2. The van der Waals surface area contributed by atoms with Gasteiger partial charge in [0.1, 0.15) is 5.60 Å². The Bertz CT molecular complexity index is 222. The number of aliphatic hydroxyl groups is 1. The lowest BCUT2D eigenvalue weighted by atomic mass is 9.99. The van der Waals surface area contributed by atoms with Gasteiger partial charge in [-0.05, 0) is 37.5 Å². The van der Waals surface area contributed by atoms with E-state index in [1.807, 2.05) is 0 Å². The van der Waals surface area contributed by atoms with Crippen molar-refractivity contribution in [3.8, 4) is 0 Å². The Balaban J connectivity index is 1.67. The molecule has 100 valence electrons. The summed E-state index contributed by atoms with van der Waals surface area (Å²) in [5.41, 5.74) is 4.92. The van der Waals surface area contributed by atoms with Crippen molar-refractivity contribution in [2.75, 3.05) is 19.8 Å². The number of rotatable bonds is 6. The van der Waals surface area contributed by atoms with Gasteiger partial charge in [-0.1, -0.05) is 25.7 Å². The minimum atomic E-state index is -0.745. The van der Waals surface area contributed by atoms with Gasteiger partial charge in [0.25, 0.3) is 0 Å². The van der Waals surface area contributed by atoms with E-state index in [-0.39, 0.29) is 0 Å². The second-order valence-corrected chi connectivity index (χ2v) is 5.95. The van der Waals surface area contributed by atoms with Crippen LogP contribution in [0.1, 0.15) is 51.4 Å². The molecule has 0 aromatic carbocycles. The molecule has 2 fully saturated rings. The van der Waals surface area contributed by atoms with Crippen molar-refractivity contribution in [3.63, 3.8) is 0 Å². The topological polar surface area (TPSA) is 55.5 Å². The van der Waals surface area contributed by atoms with Gasteiger partial charge in [-0.3, -0.25) is 0 Å². The lowest BCUT2D eigenvalue weighted by Gasteiger charge is -2.27. The van der Waals surface area contributed by atoms with Crippen LogP contribution in [-0.4, -0.2) is 30.5 Å². The third-order valence-corrected chi connectivity index (χ3v) is 4.37. The molecule has 0 aliphatic heterocycles. The summed E-state index contributed by atoms with van der Waals surface area (Å²) in [7, 11) is 0. The van der Waals surface area contributed by atoms with Crippen LogP contribution in [0.25, 0.3) is 0 Å². The first kappa shape index (κ1) is 13.3. The van der Waals surface area contributed by atoms with Gasteiger partial charge < -0.3 is 15.6 Å². The summed E-state index contributed by atoms with van der Waals surface area (Å²) in [5, 5.41) is 10.3. The summed E-state index contributed by atoms with van der Waals surface area (Å²) < 4.78 is 5.76. The van der Waals surface area contributed by atoms with E-state index in [0.29, 0.717) is 25.0 Å².